The van der Waals surface area contributed by atoms with Crippen LogP contribution in [0.15, 0.2) is 48.5 Å². The maximum absolute atomic E-state index is 10.2. The first-order valence-corrected chi connectivity index (χ1v) is 8.81. The average Bonchev–Trinajstić information content (AvgIpc) is 2.63. The van der Waals surface area contributed by atoms with Gasteiger partial charge in [0.2, 0.25) is 0 Å². The van der Waals surface area contributed by atoms with Crippen LogP contribution in [0.1, 0.15) is 0 Å². The fourth-order valence-electron chi connectivity index (χ4n) is 2.93. The van der Waals surface area contributed by atoms with Crippen molar-refractivity contribution in [1.82, 2.24) is 4.90 Å². The molecule has 1 aliphatic rings. The van der Waals surface area contributed by atoms with Gasteiger partial charge in [-0.05, 0) is 48.5 Å². The van der Waals surface area contributed by atoms with E-state index in [-0.39, 0.29) is 12.4 Å². The van der Waals surface area contributed by atoms with Gasteiger partial charge in [0.15, 0.2) is 0 Å². The lowest BCUT2D eigenvalue weighted by Crippen LogP contribution is -2.49. The van der Waals surface area contributed by atoms with E-state index in [1.807, 2.05) is 12.1 Å². The number of anilines is 1. The fraction of sp³-hybridized carbons (Fsp3) is 0.368. The van der Waals surface area contributed by atoms with Gasteiger partial charge in [-0.15, -0.1) is 0 Å². The van der Waals surface area contributed by atoms with Gasteiger partial charge in [-0.25, -0.2) is 0 Å². The van der Waals surface area contributed by atoms with Gasteiger partial charge < -0.3 is 19.8 Å². The number of hydrogen-bond acceptors (Lipinski definition) is 5. The number of halogens is 1. The van der Waals surface area contributed by atoms with E-state index < -0.39 is 6.10 Å². The lowest BCUT2D eigenvalue weighted by atomic mass is 10.2. The summed E-state index contributed by atoms with van der Waals surface area (Å²) in [5.74, 6) is 0.992. The minimum atomic E-state index is -0.532. The van der Waals surface area contributed by atoms with Gasteiger partial charge >= 0.3 is 0 Å². The molecule has 134 valence electrons. The molecule has 2 aromatic rings. The van der Waals surface area contributed by atoms with Crippen LogP contribution in [0, 0.1) is 0 Å². The summed E-state index contributed by atoms with van der Waals surface area (Å²) in [7, 11) is 0. The first-order valence-electron chi connectivity index (χ1n) is 8.43. The molecule has 25 heavy (non-hydrogen) atoms. The van der Waals surface area contributed by atoms with Crippen molar-refractivity contribution in [2.45, 2.75) is 6.10 Å². The summed E-state index contributed by atoms with van der Waals surface area (Å²) >= 11 is 5.84. The molecule has 0 spiro atoms. The maximum atomic E-state index is 10.2. The normalized spacial score (nSPS) is 16.6. The summed E-state index contributed by atoms with van der Waals surface area (Å²) in [4.78, 5) is 4.53. The van der Waals surface area contributed by atoms with E-state index in [1.54, 1.807) is 36.4 Å². The van der Waals surface area contributed by atoms with E-state index in [9.17, 15) is 10.2 Å². The Morgan fingerprint density at radius 3 is 2.24 bits per heavy atom. The van der Waals surface area contributed by atoms with E-state index in [1.165, 1.54) is 0 Å². The first kappa shape index (κ1) is 17.9. The van der Waals surface area contributed by atoms with Gasteiger partial charge in [0.1, 0.15) is 24.2 Å². The predicted octanol–water partition coefficient (Wildman–Crippen LogP) is 2.61. The highest BCUT2D eigenvalue weighted by molar-refractivity contribution is 6.30. The third-order valence-corrected chi connectivity index (χ3v) is 4.56. The van der Waals surface area contributed by atoms with Crippen LogP contribution in [-0.4, -0.2) is 60.5 Å². The zero-order valence-electron chi connectivity index (χ0n) is 14.0. The lowest BCUT2D eigenvalue weighted by Gasteiger charge is -2.36. The summed E-state index contributed by atoms with van der Waals surface area (Å²) in [6.45, 7) is 4.43. The number of ether oxygens (including phenoxy) is 1. The van der Waals surface area contributed by atoms with Crippen molar-refractivity contribution in [3.63, 3.8) is 0 Å². The Morgan fingerprint density at radius 1 is 0.960 bits per heavy atom. The van der Waals surface area contributed by atoms with Crippen LogP contribution in [0.3, 0.4) is 0 Å². The Kier molecular flexibility index (Phi) is 6.02. The number of phenols is 1. The van der Waals surface area contributed by atoms with Crippen LogP contribution in [-0.2, 0) is 0 Å². The predicted molar refractivity (Wildman–Crippen MR) is 99.7 cm³/mol. The number of benzene rings is 2. The fourth-order valence-corrected chi connectivity index (χ4v) is 3.05. The molecule has 1 fully saturated rings. The molecule has 0 radical (unpaired) electrons. The summed E-state index contributed by atoms with van der Waals surface area (Å²) in [5.41, 5.74) is 1.11. The van der Waals surface area contributed by atoms with E-state index in [2.05, 4.69) is 9.80 Å². The Bertz CT molecular complexity index is 655. The second kappa shape index (κ2) is 8.43. The Labute approximate surface area is 153 Å². The topological polar surface area (TPSA) is 56.2 Å². The molecule has 1 unspecified atom stereocenters. The van der Waals surface area contributed by atoms with Crippen LogP contribution < -0.4 is 9.64 Å². The summed E-state index contributed by atoms with van der Waals surface area (Å²) in [6.07, 6.45) is -0.532. The Hall–Kier alpha value is -1.95. The molecule has 1 atom stereocenters. The number of β-amino-alcohol motifs (C(OH)–C–C–N with tert-alkyl or cyclic N) is 1. The molecule has 0 bridgehead atoms. The van der Waals surface area contributed by atoms with Gasteiger partial charge in [0, 0.05) is 43.4 Å². The van der Waals surface area contributed by atoms with Crippen molar-refractivity contribution in [3.8, 4) is 11.5 Å². The number of nitrogens with zero attached hydrogens (tertiary/aromatic N) is 2. The third-order valence-electron chi connectivity index (χ3n) is 4.31. The highest BCUT2D eigenvalue weighted by Gasteiger charge is 2.19. The number of aromatic hydroxyl groups is 1. The molecule has 1 heterocycles. The number of piperazine rings is 1. The Morgan fingerprint density at radius 2 is 1.60 bits per heavy atom. The molecular formula is C19H23ClN2O3. The van der Waals surface area contributed by atoms with Gasteiger partial charge in [0.25, 0.3) is 0 Å². The molecule has 1 saturated heterocycles. The van der Waals surface area contributed by atoms with Gasteiger partial charge in [0.05, 0.1) is 0 Å². The standard InChI is InChI=1S/C19H23ClN2O3/c20-15-1-7-19(8-2-15)25-14-18(24)13-21-9-11-22(12-10-21)16-3-5-17(23)6-4-16/h1-8,18,23-24H,9-14H2. The van der Waals surface area contributed by atoms with Gasteiger partial charge in [-0.3, -0.25) is 4.90 Å². The van der Waals surface area contributed by atoms with Crippen molar-refractivity contribution >= 4 is 17.3 Å². The van der Waals surface area contributed by atoms with Crippen LogP contribution >= 0.6 is 11.6 Å². The Balaban J connectivity index is 1.40. The van der Waals surface area contributed by atoms with Crippen molar-refractivity contribution in [3.05, 3.63) is 53.6 Å². The summed E-state index contributed by atoms with van der Waals surface area (Å²) in [6, 6.07) is 14.4. The van der Waals surface area contributed by atoms with Crippen LogP contribution in [0.5, 0.6) is 11.5 Å². The molecule has 0 aromatic heterocycles. The van der Waals surface area contributed by atoms with E-state index >= 15 is 0 Å². The number of phenolic OH excluding ortho intramolecular Hbond substituents is 1. The van der Waals surface area contributed by atoms with E-state index in [0.29, 0.717) is 17.3 Å². The molecule has 6 heteroatoms. The van der Waals surface area contributed by atoms with Gasteiger partial charge in [-0.2, -0.15) is 0 Å². The second-order valence-corrected chi connectivity index (χ2v) is 6.66. The second-order valence-electron chi connectivity index (χ2n) is 6.22. The van der Waals surface area contributed by atoms with Crippen LogP contribution in [0.25, 0.3) is 0 Å². The molecule has 2 N–H and O–H groups in total. The molecule has 5 nitrogen and oxygen atoms in total. The molecule has 1 aliphatic heterocycles. The van der Waals surface area contributed by atoms with Crippen LogP contribution in [0.4, 0.5) is 5.69 Å². The zero-order chi connectivity index (χ0) is 17.6. The largest absolute Gasteiger partial charge is 0.508 e. The highest BCUT2D eigenvalue weighted by Crippen LogP contribution is 2.20. The smallest absolute Gasteiger partial charge is 0.119 e. The number of hydrogen-bond donors (Lipinski definition) is 2. The number of aliphatic hydroxyl groups is 1. The first-order chi connectivity index (χ1) is 12.1. The summed E-state index contributed by atoms with van der Waals surface area (Å²) < 4.78 is 5.60. The van der Waals surface area contributed by atoms with Crippen LogP contribution in [0.2, 0.25) is 5.02 Å². The quantitative estimate of drug-likeness (QED) is 0.827. The molecule has 2 aromatic carbocycles. The number of aliphatic hydroxyl groups excluding tert-OH is 1. The molecule has 0 aliphatic carbocycles. The molecular weight excluding hydrogens is 340 g/mol. The monoisotopic (exact) mass is 362 g/mol. The highest BCUT2D eigenvalue weighted by atomic mass is 35.5. The van der Waals surface area contributed by atoms with E-state index in [4.69, 9.17) is 16.3 Å². The summed E-state index contributed by atoms with van der Waals surface area (Å²) in [5, 5.41) is 20.2. The zero-order valence-corrected chi connectivity index (χ0v) is 14.8. The average molecular weight is 363 g/mol. The minimum absolute atomic E-state index is 0.264. The van der Waals surface area contributed by atoms with Crippen molar-refractivity contribution < 1.29 is 14.9 Å². The molecule has 0 saturated carbocycles. The van der Waals surface area contributed by atoms with Crippen molar-refractivity contribution in [2.75, 3.05) is 44.2 Å². The SMILES string of the molecule is Oc1ccc(N2CCN(CC(O)COc3ccc(Cl)cc3)CC2)cc1. The van der Waals surface area contributed by atoms with Gasteiger partial charge in [-0.1, -0.05) is 11.6 Å². The lowest BCUT2D eigenvalue weighted by molar-refractivity contribution is 0.0663. The third kappa shape index (κ3) is 5.26. The minimum Gasteiger partial charge on any atom is -0.508 e. The van der Waals surface area contributed by atoms with E-state index in [0.717, 1.165) is 31.9 Å². The van der Waals surface area contributed by atoms with Crippen molar-refractivity contribution in [1.29, 1.82) is 0 Å². The molecule has 3 rings (SSSR count). The number of rotatable bonds is 6. The molecule has 0 amide bonds. The van der Waals surface area contributed by atoms with Crippen molar-refractivity contribution in [2.24, 2.45) is 0 Å². The maximum Gasteiger partial charge on any atom is 0.119 e.